The van der Waals surface area contributed by atoms with Crippen LogP contribution in [0.3, 0.4) is 0 Å². The van der Waals surface area contributed by atoms with Crippen LogP contribution in [-0.4, -0.2) is 52.6 Å². The van der Waals surface area contributed by atoms with Gasteiger partial charge < -0.3 is 18.8 Å². The minimum atomic E-state index is -0.632. The highest BCUT2D eigenvalue weighted by atomic mass is 35.5. The molecular formula is C22H26ClN3O4. The summed E-state index contributed by atoms with van der Waals surface area (Å²) in [5, 5.41) is 15.0. The van der Waals surface area contributed by atoms with E-state index in [4.69, 9.17) is 25.3 Å². The first-order valence-corrected chi connectivity index (χ1v) is 10.1. The van der Waals surface area contributed by atoms with Gasteiger partial charge in [-0.25, -0.2) is 0 Å². The van der Waals surface area contributed by atoms with Crippen LogP contribution in [0.15, 0.2) is 58.2 Å². The highest BCUT2D eigenvalue weighted by Crippen LogP contribution is 2.23. The van der Waals surface area contributed by atoms with Crippen LogP contribution in [0.2, 0.25) is 5.02 Å². The SMILES string of the molecule is C=CCOCC(O)CN(CCc1nc(-c2ccc(C)c(Cl)c2)no1)Cc1ccco1. The van der Waals surface area contributed by atoms with Gasteiger partial charge in [-0.3, -0.25) is 4.90 Å². The van der Waals surface area contributed by atoms with Crippen molar-refractivity contribution < 1.29 is 18.8 Å². The van der Waals surface area contributed by atoms with E-state index in [0.29, 0.717) is 49.4 Å². The minimum absolute atomic E-state index is 0.236. The Morgan fingerprint density at radius 2 is 2.23 bits per heavy atom. The number of ether oxygens (including phenoxy) is 1. The van der Waals surface area contributed by atoms with Crippen LogP contribution in [0.5, 0.6) is 0 Å². The summed E-state index contributed by atoms with van der Waals surface area (Å²) in [4.78, 5) is 6.54. The number of aliphatic hydroxyl groups excluding tert-OH is 1. The Labute approximate surface area is 180 Å². The molecule has 0 amide bonds. The van der Waals surface area contributed by atoms with Crippen LogP contribution < -0.4 is 0 Å². The fraction of sp³-hybridized carbons (Fsp3) is 0.364. The smallest absolute Gasteiger partial charge is 0.228 e. The lowest BCUT2D eigenvalue weighted by Gasteiger charge is -2.23. The number of aromatic nitrogens is 2. The van der Waals surface area contributed by atoms with E-state index in [2.05, 4.69) is 21.6 Å². The molecule has 3 rings (SSSR count). The lowest BCUT2D eigenvalue weighted by atomic mass is 10.1. The number of aryl methyl sites for hydroxylation is 1. The summed E-state index contributed by atoms with van der Waals surface area (Å²) in [7, 11) is 0. The van der Waals surface area contributed by atoms with E-state index in [-0.39, 0.29) is 6.61 Å². The Bertz CT molecular complexity index is 926. The van der Waals surface area contributed by atoms with Crippen molar-refractivity contribution in [1.82, 2.24) is 15.0 Å². The van der Waals surface area contributed by atoms with Gasteiger partial charge in [-0.05, 0) is 30.7 Å². The molecule has 0 spiro atoms. The van der Waals surface area contributed by atoms with Gasteiger partial charge in [0, 0.05) is 30.1 Å². The number of rotatable bonds is 12. The Balaban J connectivity index is 1.60. The molecule has 0 aliphatic rings. The van der Waals surface area contributed by atoms with Gasteiger partial charge in [-0.2, -0.15) is 4.98 Å². The Morgan fingerprint density at radius 1 is 1.37 bits per heavy atom. The molecule has 1 aromatic carbocycles. The third-order valence-electron chi connectivity index (χ3n) is 4.51. The highest BCUT2D eigenvalue weighted by molar-refractivity contribution is 6.31. The standard InChI is InChI=1S/C22H26ClN3O4/c1-3-10-28-15-18(27)13-26(14-19-5-4-11-29-19)9-8-21-24-22(25-30-21)17-7-6-16(2)20(23)12-17/h3-7,11-12,18,27H,1,8-10,13-15H2,2H3. The van der Waals surface area contributed by atoms with E-state index in [0.717, 1.165) is 16.9 Å². The first kappa shape index (κ1) is 22.2. The largest absolute Gasteiger partial charge is 0.468 e. The predicted molar refractivity (Wildman–Crippen MR) is 114 cm³/mol. The maximum atomic E-state index is 10.3. The van der Waals surface area contributed by atoms with Gasteiger partial charge in [0.05, 0.1) is 32.1 Å². The molecule has 0 radical (unpaired) electrons. The second kappa shape index (κ2) is 11.1. The van der Waals surface area contributed by atoms with Crippen molar-refractivity contribution in [3.8, 4) is 11.4 Å². The van der Waals surface area contributed by atoms with E-state index in [1.807, 2.05) is 37.3 Å². The molecule has 160 valence electrons. The van der Waals surface area contributed by atoms with E-state index in [1.54, 1.807) is 12.3 Å². The number of benzene rings is 1. The molecule has 0 aliphatic carbocycles. The first-order chi connectivity index (χ1) is 14.5. The summed E-state index contributed by atoms with van der Waals surface area (Å²) in [6, 6.07) is 9.41. The molecule has 1 atom stereocenters. The zero-order chi connectivity index (χ0) is 21.3. The Kier molecular flexibility index (Phi) is 8.21. The summed E-state index contributed by atoms with van der Waals surface area (Å²) in [6.45, 7) is 7.77. The fourth-order valence-electron chi connectivity index (χ4n) is 2.96. The van der Waals surface area contributed by atoms with Crippen LogP contribution in [0.1, 0.15) is 17.2 Å². The van der Waals surface area contributed by atoms with E-state index < -0.39 is 6.10 Å². The highest BCUT2D eigenvalue weighted by Gasteiger charge is 2.16. The topological polar surface area (TPSA) is 84.8 Å². The molecule has 0 bridgehead atoms. The molecule has 2 heterocycles. The monoisotopic (exact) mass is 431 g/mol. The van der Waals surface area contributed by atoms with Gasteiger partial charge in [-0.1, -0.05) is 35.0 Å². The number of hydrogen-bond donors (Lipinski definition) is 1. The average Bonchev–Trinajstić information content (AvgIpc) is 3.40. The van der Waals surface area contributed by atoms with Crippen molar-refractivity contribution >= 4 is 11.6 Å². The zero-order valence-electron chi connectivity index (χ0n) is 17.0. The first-order valence-electron chi connectivity index (χ1n) is 9.75. The van der Waals surface area contributed by atoms with E-state index >= 15 is 0 Å². The van der Waals surface area contributed by atoms with Crippen LogP contribution >= 0.6 is 11.6 Å². The molecule has 2 aromatic heterocycles. The maximum Gasteiger partial charge on any atom is 0.228 e. The number of hydrogen-bond acceptors (Lipinski definition) is 7. The summed E-state index contributed by atoms with van der Waals surface area (Å²) in [5.41, 5.74) is 1.80. The molecule has 8 heteroatoms. The molecule has 0 saturated carbocycles. The maximum absolute atomic E-state index is 10.3. The third-order valence-corrected chi connectivity index (χ3v) is 4.92. The van der Waals surface area contributed by atoms with Crippen molar-refractivity contribution in [2.24, 2.45) is 0 Å². The van der Waals surface area contributed by atoms with Crippen LogP contribution in [-0.2, 0) is 17.7 Å². The van der Waals surface area contributed by atoms with Gasteiger partial charge in [0.15, 0.2) is 0 Å². The van der Waals surface area contributed by atoms with Crippen molar-refractivity contribution in [1.29, 1.82) is 0 Å². The summed E-state index contributed by atoms with van der Waals surface area (Å²) < 4.78 is 16.2. The molecule has 1 N–H and O–H groups in total. The van der Waals surface area contributed by atoms with Crippen LogP contribution in [0.4, 0.5) is 0 Å². The van der Waals surface area contributed by atoms with Gasteiger partial charge in [0.2, 0.25) is 11.7 Å². The zero-order valence-corrected chi connectivity index (χ0v) is 17.7. The Hall–Kier alpha value is -2.45. The second-order valence-electron chi connectivity index (χ2n) is 7.02. The molecule has 3 aromatic rings. The molecule has 7 nitrogen and oxygen atoms in total. The molecule has 0 fully saturated rings. The van der Waals surface area contributed by atoms with Crippen molar-refractivity contribution in [3.63, 3.8) is 0 Å². The lowest BCUT2D eigenvalue weighted by Crippen LogP contribution is -2.36. The van der Waals surface area contributed by atoms with Gasteiger partial charge in [0.1, 0.15) is 5.76 Å². The lowest BCUT2D eigenvalue weighted by molar-refractivity contribution is 0.0232. The van der Waals surface area contributed by atoms with Crippen LogP contribution in [0, 0.1) is 6.92 Å². The molecule has 1 unspecified atom stereocenters. The quantitative estimate of drug-likeness (QED) is 0.344. The van der Waals surface area contributed by atoms with Crippen molar-refractivity contribution in [3.05, 3.63) is 71.5 Å². The Morgan fingerprint density at radius 3 is 2.97 bits per heavy atom. The summed E-state index contributed by atoms with van der Waals surface area (Å²) >= 11 is 6.19. The van der Waals surface area contributed by atoms with E-state index in [9.17, 15) is 5.11 Å². The molecular weight excluding hydrogens is 406 g/mol. The van der Waals surface area contributed by atoms with Crippen molar-refractivity contribution in [2.45, 2.75) is 26.0 Å². The van der Waals surface area contributed by atoms with Crippen LogP contribution in [0.25, 0.3) is 11.4 Å². The van der Waals surface area contributed by atoms with Crippen molar-refractivity contribution in [2.75, 3.05) is 26.3 Å². The number of aliphatic hydroxyl groups is 1. The molecule has 30 heavy (non-hydrogen) atoms. The predicted octanol–water partition coefficient (Wildman–Crippen LogP) is 3.90. The second-order valence-corrected chi connectivity index (χ2v) is 7.43. The number of halogens is 1. The third kappa shape index (κ3) is 6.53. The average molecular weight is 432 g/mol. The van der Waals surface area contributed by atoms with E-state index in [1.165, 1.54) is 0 Å². The fourth-order valence-corrected chi connectivity index (χ4v) is 3.14. The number of furan rings is 1. The summed E-state index contributed by atoms with van der Waals surface area (Å²) in [5.74, 6) is 1.83. The summed E-state index contributed by atoms with van der Waals surface area (Å²) in [6.07, 6.45) is 3.19. The molecule has 0 aliphatic heterocycles. The van der Waals surface area contributed by atoms with Gasteiger partial charge in [-0.15, -0.1) is 6.58 Å². The minimum Gasteiger partial charge on any atom is -0.468 e. The number of nitrogens with zero attached hydrogens (tertiary/aromatic N) is 3. The molecule has 0 saturated heterocycles. The normalized spacial score (nSPS) is 12.4. The van der Waals surface area contributed by atoms with Gasteiger partial charge >= 0.3 is 0 Å². The van der Waals surface area contributed by atoms with Gasteiger partial charge in [0.25, 0.3) is 0 Å².